The van der Waals surface area contributed by atoms with Crippen LogP contribution in [0.15, 0.2) is 47.6 Å². The van der Waals surface area contributed by atoms with E-state index in [1.54, 1.807) is 38.1 Å². The summed E-state index contributed by atoms with van der Waals surface area (Å²) in [6, 6.07) is 8.99. The van der Waals surface area contributed by atoms with Gasteiger partial charge in [-0.05, 0) is 76.0 Å². The van der Waals surface area contributed by atoms with Crippen LogP contribution in [-0.2, 0) is 35.1 Å². The van der Waals surface area contributed by atoms with Gasteiger partial charge in [-0.1, -0.05) is 17.2 Å². The number of amides is 3. The Morgan fingerprint density at radius 1 is 1.07 bits per heavy atom. The number of benzene rings is 2. The summed E-state index contributed by atoms with van der Waals surface area (Å²) in [6.07, 6.45) is -0.168. The molecule has 14 nitrogen and oxygen atoms in total. The fraction of sp³-hybridized carbons (Fsp3) is 0.452. The molecular formula is C31H40N6O8. The lowest BCUT2D eigenvalue weighted by atomic mass is 10.0. The maximum atomic E-state index is 14.2. The summed E-state index contributed by atoms with van der Waals surface area (Å²) in [5, 5.41) is 8.80. The molecule has 0 saturated heterocycles. The van der Waals surface area contributed by atoms with Crippen LogP contribution in [0.4, 0.5) is 11.4 Å². The van der Waals surface area contributed by atoms with E-state index in [-0.39, 0.29) is 36.4 Å². The van der Waals surface area contributed by atoms with Gasteiger partial charge in [0.25, 0.3) is 5.91 Å². The van der Waals surface area contributed by atoms with Crippen LogP contribution < -0.4 is 15.4 Å². The van der Waals surface area contributed by atoms with Gasteiger partial charge in [0.15, 0.2) is 0 Å². The van der Waals surface area contributed by atoms with Crippen molar-refractivity contribution >= 4 is 41.0 Å². The Kier molecular flexibility index (Phi) is 13.4. The van der Waals surface area contributed by atoms with E-state index in [1.165, 1.54) is 25.1 Å². The van der Waals surface area contributed by atoms with E-state index in [9.17, 15) is 24.0 Å². The highest BCUT2D eigenvalue weighted by molar-refractivity contribution is 6.04. The molecule has 0 fully saturated rings. The van der Waals surface area contributed by atoms with Gasteiger partial charge in [0.1, 0.15) is 23.9 Å². The number of hydrogen-bond acceptors (Lipinski definition) is 9. The summed E-state index contributed by atoms with van der Waals surface area (Å²) < 4.78 is 15.9. The van der Waals surface area contributed by atoms with Gasteiger partial charge in [-0.15, -0.1) is 0 Å². The molecule has 0 radical (unpaired) electrons. The number of azide groups is 1. The Morgan fingerprint density at radius 2 is 1.73 bits per heavy atom. The molecule has 0 saturated carbocycles. The molecule has 0 bridgehead atoms. The van der Waals surface area contributed by atoms with Crippen LogP contribution in [0.2, 0.25) is 0 Å². The van der Waals surface area contributed by atoms with Crippen molar-refractivity contribution < 1.29 is 38.2 Å². The second kappa shape index (κ2) is 16.7. The van der Waals surface area contributed by atoms with Crippen molar-refractivity contribution in [3.63, 3.8) is 0 Å². The zero-order chi connectivity index (χ0) is 33.7. The summed E-state index contributed by atoms with van der Waals surface area (Å²) >= 11 is 0. The predicted molar refractivity (Wildman–Crippen MR) is 166 cm³/mol. The summed E-state index contributed by atoms with van der Waals surface area (Å²) in [5.74, 6) is -2.67. The predicted octanol–water partition coefficient (Wildman–Crippen LogP) is 4.45. The second-order valence-electron chi connectivity index (χ2n) is 11.1. The van der Waals surface area contributed by atoms with Gasteiger partial charge in [-0.3, -0.25) is 19.2 Å². The van der Waals surface area contributed by atoms with Gasteiger partial charge < -0.3 is 29.7 Å². The molecule has 2 atom stereocenters. The van der Waals surface area contributed by atoms with E-state index >= 15 is 0 Å². The van der Waals surface area contributed by atoms with Crippen molar-refractivity contribution in [3.05, 3.63) is 64.0 Å². The van der Waals surface area contributed by atoms with Crippen LogP contribution in [-0.4, -0.2) is 72.5 Å². The summed E-state index contributed by atoms with van der Waals surface area (Å²) in [5.41, 5.74) is 9.28. The number of ether oxygens (including phenoxy) is 3. The Bertz CT molecular complexity index is 1430. The van der Waals surface area contributed by atoms with Crippen molar-refractivity contribution in [1.29, 1.82) is 0 Å². The average molecular weight is 625 g/mol. The average Bonchev–Trinajstić information content (AvgIpc) is 2.94. The highest BCUT2D eigenvalue weighted by Gasteiger charge is 2.34. The number of esters is 2. The van der Waals surface area contributed by atoms with Crippen molar-refractivity contribution in [2.24, 2.45) is 5.11 Å². The molecule has 0 unspecified atom stereocenters. The summed E-state index contributed by atoms with van der Waals surface area (Å²) in [7, 11) is 1.16. The van der Waals surface area contributed by atoms with Crippen LogP contribution in [0.1, 0.15) is 63.9 Å². The van der Waals surface area contributed by atoms with Crippen LogP contribution in [0.5, 0.6) is 5.75 Å². The van der Waals surface area contributed by atoms with E-state index in [2.05, 4.69) is 20.7 Å². The first-order valence-corrected chi connectivity index (χ1v) is 14.3. The second-order valence-corrected chi connectivity index (χ2v) is 11.1. The van der Waals surface area contributed by atoms with E-state index in [4.69, 9.17) is 19.7 Å². The standard InChI is InChI=1S/C31H40N6O8/c1-8-44-28(40)15-19(2)33-27(39)18-37(29(41)24-17-22(34-20(3)38)11-14-25(24)35-36-32)26(30(42)43-7)16-21-9-12-23(13-10-21)45-31(4,5)6/h9-14,17,19,26H,8,15-16,18H2,1-7H3,(H,33,39)(H,34,38)/t19-,26+/m0/s1. The molecule has 2 N–H and O–H groups in total. The zero-order valence-electron chi connectivity index (χ0n) is 26.6. The van der Waals surface area contributed by atoms with Crippen LogP contribution in [0, 0.1) is 0 Å². The molecule has 242 valence electrons. The number of hydrogen-bond donors (Lipinski definition) is 2. The van der Waals surface area contributed by atoms with Crippen LogP contribution >= 0.6 is 0 Å². The molecule has 2 aromatic carbocycles. The minimum Gasteiger partial charge on any atom is -0.488 e. The number of nitrogens with zero attached hydrogens (tertiary/aromatic N) is 4. The molecule has 0 heterocycles. The Labute approximate surface area is 262 Å². The Balaban J connectivity index is 2.56. The molecule has 0 spiro atoms. The molecule has 0 aliphatic heterocycles. The normalized spacial score (nSPS) is 12.1. The highest BCUT2D eigenvalue weighted by atomic mass is 16.5. The lowest BCUT2D eigenvalue weighted by Gasteiger charge is -2.31. The lowest BCUT2D eigenvalue weighted by molar-refractivity contribution is -0.146. The number of carbonyl (C=O) groups is 5. The molecule has 2 rings (SSSR count). The zero-order valence-corrected chi connectivity index (χ0v) is 26.6. The summed E-state index contributed by atoms with van der Waals surface area (Å²) in [4.78, 5) is 68.0. The SMILES string of the molecule is CCOC(=O)C[C@H](C)NC(=O)CN(C(=O)c1cc(NC(C)=O)ccc1N=[N+]=[N-])[C@H](Cc1ccc(OC(C)(C)C)cc1)C(=O)OC. The third-order valence-corrected chi connectivity index (χ3v) is 6.09. The van der Waals surface area contributed by atoms with Gasteiger partial charge in [0.05, 0.1) is 31.4 Å². The highest BCUT2D eigenvalue weighted by Crippen LogP contribution is 2.27. The molecule has 0 aliphatic rings. The third kappa shape index (κ3) is 11.8. The fourth-order valence-corrected chi connectivity index (χ4v) is 4.33. The number of rotatable bonds is 14. The Hall–Kier alpha value is -5.10. The fourth-order valence-electron chi connectivity index (χ4n) is 4.33. The molecule has 3 amide bonds. The van der Waals surface area contributed by atoms with Crippen molar-refractivity contribution in [3.8, 4) is 5.75 Å². The minimum atomic E-state index is -1.31. The van der Waals surface area contributed by atoms with Gasteiger partial charge in [-0.25, -0.2) is 4.79 Å². The van der Waals surface area contributed by atoms with Gasteiger partial charge >= 0.3 is 11.9 Å². The first-order chi connectivity index (χ1) is 21.2. The first kappa shape index (κ1) is 36.1. The van der Waals surface area contributed by atoms with Crippen molar-refractivity contribution in [2.45, 2.75) is 72.1 Å². The molecule has 14 heteroatoms. The quantitative estimate of drug-likeness (QED) is 0.133. The van der Waals surface area contributed by atoms with Gasteiger partial charge in [0.2, 0.25) is 11.8 Å². The topological polar surface area (TPSA) is 189 Å². The van der Waals surface area contributed by atoms with E-state index < -0.39 is 53.9 Å². The summed E-state index contributed by atoms with van der Waals surface area (Å²) in [6.45, 7) is 9.80. The molecule has 0 aromatic heterocycles. The van der Waals surface area contributed by atoms with Gasteiger partial charge in [-0.2, -0.15) is 0 Å². The number of anilines is 1. The van der Waals surface area contributed by atoms with Crippen LogP contribution in [0.25, 0.3) is 10.4 Å². The van der Waals surface area contributed by atoms with Crippen molar-refractivity contribution in [1.82, 2.24) is 10.2 Å². The molecular weight excluding hydrogens is 584 g/mol. The maximum absolute atomic E-state index is 14.2. The smallest absolute Gasteiger partial charge is 0.328 e. The number of carbonyl (C=O) groups excluding carboxylic acids is 5. The molecule has 0 aliphatic carbocycles. The van der Waals surface area contributed by atoms with E-state index in [0.29, 0.717) is 11.3 Å². The monoisotopic (exact) mass is 624 g/mol. The maximum Gasteiger partial charge on any atom is 0.328 e. The van der Waals surface area contributed by atoms with Crippen molar-refractivity contribution in [2.75, 3.05) is 25.6 Å². The third-order valence-electron chi connectivity index (χ3n) is 6.09. The largest absolute Gasteiger partial charge is 0.488 e. The lowest BCUT2D eigenvalue weighted by Crippen LogP contribution is -2.52. The van der Waals surface area contributed by atoms with E-state index in [0.717, 1.165) is 12.0 Å². The van der Waals surface area contributed by atoms with Gasteiger partial charge in [0, 0.05) is 30.0 Å². The minimum absolute atomic E-state index is 0.0535. The van der Waals surface area contributed by atoms with E-state index in [1.807, 2.05) is 20.8 Å². The Morgan fingerprint density at radius 3 is 2.29 bits per heavy atom. The molecule has 2 aromatic rings. The van der Waals surface area contributed by atoms with Crippen LogP contribution in [0.3, 0.4) is 0 Å². The molecule has 45 heavy (non-hydrogen) atoms. The number of nitrogens with one attached hydrogen (secondary N) is 2. The first-order valence-electron chi connectivity index (χ1n) is 14.3. The number of methoxy groups -OCH3 is 1.